The second-order valence-corrected chi connectivity index (χ2v) is 8.10. The van der Waals surface area contributed by atoms with Gasteiger partial charge in [0.2, 0.25) is 0 Å². The summed E-state index contributed by atoms with van der Waals surface area (Å²) in [5, 5.41) is 9.27. The first-order chi connectivity index (χ1) is 11.2. The molecule has 2 aliphatic rings. The maximum Gasteiger partial charge on any atom is 0.496 e. The molecule has 0 radical (unpaired) electrons. The fourth-order valence-electron chi connectivity index (χ4n) is 3.29. The molecule has 0 atom stereocenters. The van der Waals surface area contributed by atoms with E-state index in [2.05, 4.69) is 50.6 Å². The van der Waals surface area contributed by atoms with Gasteiger partial charge in [0.15, 0.2) is 0 Å². The number of aryl methyl sites for hydroxylation is 1. The SMILES string of the molecule is Cc1cc(N2CCC(CO)CC2)ncc1B1OC(C)(C)C(C)(C)O1. The van der Waals surface area contributed by atoms with Crippen LogP contribution in [0.15, 0.2) is 12.3 Å². The van der Waals surface area contributed by atoms with Crippen LogP contribution in [0.2, 0.25) is 0 Å². The van der Waals surface area contributed by atoms with Crippen LogP contribution >= 0.6 is 0 Å². The zero-order valence-electron chi connectivity index (χ0n) is 15.5. The number of aliphatic hydroxyl groups is 1. The Morgan fingerprint density at radius 3 is 2.29 bits per heavy atom. The van der Waals surface area contributed by atoms with Crippen molar-refractivity contribution in [1.29, 1.82) is 0 Å². The highest BCUT2D eigenvalue weighted by Gasteiger charge is 2.52. The van der Waals surface area contributed by atoms with Crippen molar-refractivity contribution >= 4 is 18.4 Å². The van der Waals surface area contributed by atoms with Crippen LogP contribution in [0.5, 0.6) is 0 Å². The molecule has 24 heavy (non-hydrogen) atoms. The molecule has 2 aliphatic heterocycles. The van der Waals surface area contributed by atoms with Gasteiger partial charge in [-0.15, -0.1) is 0 Å². The number of nitrogens with zero attached hydrogens (tertiary/aromatic N) is 2. The van der Waals surface area contributed by atoms with E-state index in [1.54, 1.807) is 0 Å². The van der Waals surface area contributed by atoms with Crippen LogP contribution in [0.3, 0.4) is 0 Å². The molecule has 1 aromatic heterocycles. The van der Waals surface area contributed by atoms with Crippen molar-refractivity contribution in [2.75, 3.05) is 24.6 Å². The molecule has 3 rings (SSSR count). The first kappa shape index (κ1) is 17.7. The van der Waals surface area contributed by atoms with Gasteiger partial charge in [-0.25, -0.2) is 4.98 Å². The van der Waals surface area contributed by atoms with E-state index in [-0.39, 0.29) is 18.3 Å². The Kier molecular flexibility index (Phi) is 4.66. The van der Waals surface area contributed by atoms with E-state index in [4.69, 9.17) is 9.31 Å². The minimum absolute atomic E-state index is 0.293. The molecule has 0 unspecified atom stereocenters. The van der Waals surface area contributed by atoms with E-state index in [1.807, 2.05) is 6.20 Å². The minimum Gasteiger partial charge on any atom is -0.399 e. The van der Waals surface area contributed by atoms with Gasteiger partial charge in [0, 0.05) is 31.4 Å². The highest BCUT2D eigenvalue weighted by molar-refractivity contribution is 6.62. The average Bonchev–Trinajstić information content (AvgIpc) is 2.75. The molecule has 1 N–H and O–H groups in total. The van der Waals surface area contributed by atoms with Crippen molar-refractivity contribution in [3.63, 3.8) is 0 Å². The van der Waals surface area contributed by atoms with Gasteiger partial charge in [0.1, 0.15) is 5.82 Å². The Morgan fingerprint density at radius 2 is 1.79 bits per heavy atom. The predicted octanol–water partition coefficient (Wildman–Crippen LogP) is 1.90. The molecule has 5 nitrogen and oxygen atoms in total. The van der Waals surface area contributed by atoms with Crippen LogP contribution in [0.1, 0.15) is 46.1 Å². The first-order valence-corrected chi connectivity index (χ1v) is 8.91. The molecule has 3 heterocycles. The molecule has 2 fully saturated rings. The third kappa shape index (κ3) is 3.19. The summed E-state index contributed by atoms with van der Waals surface area (Å²) in [5.41, 5.74) is 1.47. The van der Waals surface area contributed by atoms with Crippen LogP contribution in [0.25, 0.3) is 0 Å². The van der Waals surface area contributed by atoms with Gasteiger partial charge in [-0.1, -0.05) is 0 Å². The molecule has 2 saturated heterocycles. The van der Waals surface area contributed by atoms with Crippen molar-refractivity contribution < 1.29 is 14.4 Å². The standard InChI is InChI=1S/C18H29BN2O3/c1-13-10-16(21-8-6-14(12-22)7-9-21)20-11-15(13)19-23-17(2,3)18(4,5)24-19/h10-11,14,22H,6-9,12H2,1-5H3. The third-order valence-corrected chi connectivity index (χ3v) is 5.84. The van der Waals surface area contributed by atoms with Gasteiger partial charge in [-0.05, 0) is 65.0 Å². The second-order valence-electron chi connectivity index (χ2n) is 8.10. The summed E-state index contributed by atoms with van der Waals surface area (Å²) in [7, 11) is -0.364. The molecule has 0 saturated carbocycles. The smallest absolute Gasteiger partial charge is 0.399 e. The van der Waals surface area contributed by atoms with Gasteiger partial charge >= 0.3 is 7.12 Å². The Bertz CT molecular complexity index is 582. The van der Waals surface area contributed by atoms with Crippen molar-refractivity contribution in [3.8, 4) is 0 Å². The zero-order valence-corrected chi connectivity index (χ0v) is 15.5. The average molecular weight is 332 g/mol. The number of rotatable bonds is 3. The lowest BCUT2D eigenvalue weighted by molar-refractivity contribution is 0.00578. The fourth-order valence-corrected chi connectivity index (χ4v) is 3.29. The van der Waals surface area contributed by atoms with E-state index in [9.17, 15) is 5.11 Å². The molecular formula is C18H29BN2O3. The van der Waals surface area contributed by atoms with Crippen LogP contribution in [0.4, 0.5) is 5.82 Å². The largest absolute Gasteiger partial charge is 0.496 e. The Labute approximate surface area is 145 Å². The topological polar surface area (TPSA) is 54.8 Å². The van der Waals surface area contributed by atoms with Crippen molar-refractivity contribution in [1.82, 2.24) is 4.98 Å². The highest BCUT2D eigenvalue weighted by atomic mass is 16.7. The molecule has 0 amide bonds. The van der Waals surface area contributed by atoms with Crippen LogP contribution in [-0.4, -0.2) is 48.1 Å². The summed E-state index contributed by atoms with van der Waals surface area (Å²) in [5.74, 6) is 1.44. The maximum atomic E-state index is 9.27. The zero-order chi connectivity index (χ0) is 17.5. The Balaban J connectivity index is 1.74. The lowest BCUT2D eigenvalue weighted by Crippen LogP contribution is -2.41. The van der Waals surface area contributed by atoms with E-state index < -0.39 is 0 Å². The maximum absolute atomic E-state index is 9.27. The second kappa shape index (κ2) is 6.32. The van der Waals surface area contributed by atoms with Gasteiger partial charge in [0.25, 0.3) is 0 Å². The monoisotopic (exact) mass is 332 g/mol. The summed E-state index contributed by atoms with van der Waals surface area (Å²) in [6, 6.07) is 2.12. The number of aliphatic hydroxyl groups excluding tert-OH is 1. The van der Waals surface area contributed by atoms with Crippen molar-refractivity contribution in [3.05, 3.63) is 17.8 Å². The molecule has 1 aromatic rings. The molecular weight excluding hydrogens is 303 g/mol. The molecule has 132 valence electrons. The van der Waals surface area contributed by atoms with Crippen LogP contribution < -0.4 is 10.4 Å². The minimum atomic E-state index is -0.364. The molecule has 6 heteroatoms. The van der Waals surface area contributed by atoms with E-state index in [1.165, 1.54) is 0 Å². The number of pyridine rings is 1. The number of piperidine rings is 1. The Morgan fingerprint density at radius 1 is 1.21 bits per heavy atom. The van der Waals surface area contributed by atoms with Gasteiger partial charge in [0.05, 0.1) is 11.2 Å². The normalized spacial score (nSPS) is 23.8. The summed E-state index contributed by atoms with van der Waals surface area (Å²) in [6.45, 7) is 12.5. The summed E-state index contributed by atoms with van der Waals surface area (Å²) < 4.78 is 12.3. The van der Waals surface area contributed by atoms with Crippen LogP contribution in [-0.2, 0) is 9.31 Å². The first-order valence-electron chi connectivity index (χ1n) is 8.91. The number of aromatic nitrogens is 1. The van der Waals surface area contributed by atoms with Crippen LogP contribution in [0, 0.1) is 12.8 Å². The summed E-state index contributed by atoms with van der Waals surface area (Å²) in [4.78, 5) is 6.96. The van der Waals surface area contributed by atoms with Crippen molar-refractivity contribution in [2.45, 2.75) is 58.7 Å². The van der Waals surface area contributed by atoms with E-state index in [0.717, 1.165) is 42.8 Å². The van der Waals surface area contributed by atoms with Gasteiger partial charge in [-0.3, -0.25) is 0 Å². The molecule has 0 bridgehead atoms. The Hall–Kier alpha value is -1.11. The number of anilines is 1. The predicted molar refractivity (Wildman–Crippen MR) is 96.7 cm³/mol. The van der Waals surface area contributed by atoms with E-state index >= 15 is 0 Å². The van der Waals surface area contributed by atoms with Gasteiger partial charge in [-0.2, -0.15) is 0 Å². The molecule has 0 aromatic carbocycles. The number of hydrogen-bond acceptors (Lipinski definition) is 5. The fraction of sp³-hybridized carbons (Fsp3) is 0.722. The quantitative estimate of drug-likeness (QED) is 0.857. The van der Waals surface area contributed by atoms with E-state index in [0.29, 0.717) is 12.5 Å². The lowest BCUT2D eigenvalue weighted by Gasteiger charge is -2.32. The number of hydrogen-bond donors (Lipinski definition) is 1. The lowest BCUT2D eigenvalue weighted by atomic mass is 9.77. The summed E-state index contributed by atoms with van der Waals surface area (Å²) >= 11 is 0. The van der Waals surface area contributed by atoms with Gasteiger partial charge < -0.3 is 19.3 Å². The molecule has 0 aliphatic carbocycles. The third-order valence-electron chi connectivity index (χ3n) is 5.84. The highest BCUT2D eigenvalue weighted by Crippen LogP contribution is 2.36. The summed E-state index contributed by atoms with van der Waals surface area (Å²) in [6.07, 6.45) is 3.94. The van der Waals surface area contributed by atoms with Crippen molar-refractivity contribution in [2.24, 2.45) is 5.92 Å². The molecule has 0 spiro atoms.